The van der Waals surface area contributed by atoms with E-state index in [-0.39, 0.29) is 24.7 Å². The zero-order valence-electron chi connectivity index (χ0n) is 22.8. The fourth-order valence-electron chi connectivity index (χ4n) is 4.50. The van der Waals surface area contributed by atoms with E-state index in [1.807, 2.05) is 42.5 Å². The minimum atomic E-state index is -0.180. The minimum absolute atomic E-state index is 0.0778. The zero-order valence-corrected chi connectivity index (χ0v) is 24.3. The molecule has 3 aromatic carbocycles. The maximum absolute atomic E-state index is 13.6. The second-order valence-corrected chi connectivity index (χ2v) is 10.8. The third-order valence-electron chi connectivity index (χ3n) is 6.66. The van der Waals surface area contributed by atoms with Crippen LogP contribution in [0.1, 0.15) is 24.0 Å². The van der Waals surface area contributed by atoms with Crippen molar-refractivity contribution >= 4 is 40.2 Å². The van der Waals surface area contributed by atoms with Crippen molar-refractivity contribution in [3.05, 3.63) is 81.1 Å². The monoisotopic (exact) mass is 595 g/mol. The lowest BCUT2D eigenvalue weighted by Gasteiger charge is -2.14. The summed E-state index contributed by atoms with van der Waals surface area (Å²) >= 11 is 7.49. The normalized spacial score (nSPS) is 12.0. The Morgan fingerprint density at radius 3 is 2.51 bits per heavy atom. The van der Waals surface area contributed by atoms with E-state index >= 15 is 0 Å². The molecule has 1 aliphatic rings. The van der Waals surface area contributed by atoms with Crippen LogP contribution in [0.15, 0.2) is 64.5 Å². The average molecular weight is 596 g/mol. The number of methoxy groups -OCH3 is 2. The summed E-state index contributed by atoms with van der Waals surface area (Å²) in [6.07, 6.45) is 1.41. The fourth-order valence-corrected chi connectivity index (χ4v) is 5.60. The number of carbonyl (C=O) groups excluding carboxylic acids is 1. The molecule has 214 valence electrons. The molecule has 41 heavy (non-hydrogen) atoms. The molecule has 4 aromatic rings. The molecule has 0 spiro atoms. The van der Waals surface area contributed by atoms with Gasteiger partial charge < -0.3 is 24.3 Å². The first-order valence-electron chi connectivity index (χ1n) is 13.1. The molecule has 0 aliphatic carbocycles. The maximum atomic E-state index is 13.6. The number of nitrogens with one attached hydrogen (secondary N) is 1. The Bertz CT molecular complexity index is 1610. The number of thioether (sulfide) groups is 1. The van der Waals surface area contributed by atoms with Gasteiger partial charge in [-0.15, -0.1) is 0 Å². The van der Waals surface area contributed by atoms with Crippen LogP contribution in [0.3, 0.4) is 0 Å². The highest BCUT2D eigenvalue weighted by atomic mass is 35.5. The Kier molecular flexibility index (Phi) is 9.21. The standard InChI is InChI=1S/C30H30ClN3O6S/c1-37-24-10-7-19(14-25(24)38-2)11-12-32-28(35)4-3-13-34-29(36)22-15-26-27(40-18-39-26)16-23(22)33-30(34)41-17-20-5-8-21(31)9-6-20/h5-10,14-16H,3-4,11-13,17-18H2,1-2H3,(H,32,35). The average Bonchev–Trinajstić information content (AvgIpc) is 3.44. The number of halogens is 1. The number of amides is 1. The van der Waals surface area contributed by atoms with Gasteiger partial charge in [0.05, 0.1) is 25.1 Å². The molecule has 1 amide bonds. The van der Waals surface area contributed by atoms with E-state index in [2.05, 4.69) is 5.32 Å². The van der Waals surface area contributed by atoms with Crippen LogP contribution in [0.4, 0.5) is 0 Å². The van der Waals surface area contributed by atoms with E-state index < -0.39 is 0 Å². The van der Waals surface area contributed by atoms with Gasteiger partial charge in [-0.1, -0.05) is 41.6 Å². The van der Waals surface area contributed by atoms with Crippen molar-refractivity contribution in [3.8, 4) is 23.0 Å². The van der Waals surface area contributed by atoms with Gasteiger partial charge in [-0.2, -0.15) is 0 Å². The van der Waals surface area contributed by atoms with Crippen molar-refractivity contribution in [1.82, 2.24) is 14.9 Å². The number of rotatable bonds is 12. The Morgan fingerprint density at radius 1 is 1.02 bits per heavy atom. The lowest BCUT2D eigenvalue weighted by atomic mass is 10.1. The van der Waals surface area contributed by atoms with Gasteiger partial charge in [0.25, 0.3) is 5.56 Å². The van der Waals surface area contributed by atoms with Crippen molar-refractivity contribution in [1.29, 1.82) is 0 Å². The highest BCUT2D eigenvalue weighted by Crippen LogP contribution is 2.35. The van der Waals surface area contributed by atoms with Gasteiger partial charge in [-0.05, 0) is 54.3 Å². The number of nitrogens with zero attached hydrogens (tertiary/aromatic N) is 2. The molecule has 0 fully saturated rings. The molecule has 9 nitrogen and oxygen atoms in total. The van der Waals surface area contributed by atoms with E-state index in [1.165, 1.54) is 11.8 Å². The van der Waals surface area contributed by atoms with Crippen molar-refractivity contribution in [2.24, 2.45) is 0 Å². The molecular formula is C30H30ClN3O6S. The summed E-state index contributed by atoms with van der Waals surface area (Å²) in [4.78, 5) is 31.0. The first-order valence-corrected chi connectivity index (χ1v) is 14.5. The summed E-state index contributed by atoms with van der Waals surface area (Å²) in [7, 11) is 3.19. The molecule has 0 unspecified atom stereocenters. The highest BCUT2D eigenvalue weighted by Gasteiger charge is 2.19. The summed E-state index contributed by atoms with van der Waals surface area (Å²) in [5.41, 5.74) is 2.45. The van der Waals surface area contributed by atoms with E-state index in [0.29, 0.717) is 75.8 Å². The number of aromatic nitrogens is 2. The summed E-state index contributed by atoms with van der Waals surface area (Å²) in [5.74, 6) is 2.94. The van der Waals surface area contributed by atoms with Crippen LogP contribution in [0.25, 0.3) is 10.9 Å². The predicted molar refractivity (Wildman–Crippen MR) is 159 cm³/mol. The number of hydrogen-bond acceptors (Lipinski definition) is 8. The molecule has 2 heterocycles. The topological polar surface area (TPSA) is 101 Å². The molecule has 1 aromatic heterocycles. The Morgan fingerprint density at radius 2 is 1.76 bits per heavy atom. The first-order chi connectivity index (χ1) is 19.9. The Hall–Kier alpha value is -3.89. The first kappa shape index (κ1) is 28.6. The second-order valence-electron chi connectivity index (χ2n) is 9.38. The zero-order chi connectivity index (χ0) is 28.8. The van der Waals surface area contributed by atoms with Crippen LogP contribution in [-0.2, 0) is 23.5 Å². The van der Waals surface area contributed by atoms with Gasteiger partial charge in [0.2, 0.25) is 12.7 Å². The smallest absolute Gasteiger partial charge is 0.262 e. The molecule has 1 N–H and O–H groups in total. The SMILES string of the molecule is COc1ccc(CCNC(=O)CCCn2c(SCc3ccc(Cl)cc3)nc3cc4c(cc3c2=O)OCO4)cc1OC. The summed E-state index contributed by atoms with van der Waals surface area (Å²) in [5, 5.41) is 4.65. The highest BCUT2D eigenvalue weighted by molar-refractivity contribution is 7.98. The van der Waals surface area contributed by atoms with Gasteiger partial charge in [-0.3, -0.25) is 14.2 Å². The number of benzene rings is 3. The van der Waals surface area contributed by atoms with Crippen molar-refractivity contribution < 1.29 is 23.7 Å². The third kappa shape index (κ3) is 6.89. The Balaban J connectivity index is 1.24. The van der Waals surface area contributed by atoms with Gasteiger partial charge in [0.15, 0.2) is 28.2 Å². The van der Waals surface area contributed by atoms with Crippen LogP contribution in [0, 0.1) is 0 Å². The van der Waals surface area contributed by atoms with E-state index in [1.54, 1.807) is 30.9 Å². The lowest BCUT2D eigenvalue weighted by molar-refractivity contribution is -0.121. The molecular weight excluding hydrogens is 566 g/mol. The van der Waals surface area contributed by atoms with E-state index in [9.17, 15) is 9.59 Å². The van der Waals surface area contributed by atoms with Crippen molar-refractivity contribution in [3.63, 3.8) is 0 Å². The van der Waals surface area contributed by atoms with Gasteiger partial charge in [0, 0.05) is 36.4 Å². The van der Waals surface area contributed by atoms with Crippen LogP contribution in [0.5, 0.6) is 23.0 Å². The maximum Gasteiger partial charge on any atom is 0.262 e. The van der Waals surface area contributed by atoms with E-state index in [4.69, 9.17) is 35.5 Å². The van der Waals surface area contributed by atoms with Gasteiger partial charge in [-0.25, -0.2) is 4.98 Å². The van der Waals surface area contributed by atoms with E-state index in [0.717, 1.165) is 11.1 Å². The molecule has 5 rings (SSSR count). The number of carbonyl (C=O) groups is 1. The summed E-state index contributed by atoms with van der Waals surface area (Å²) in [6, 6.07) is 16.7. The third-order valence-corrected chi connectivity index (χ3v) is 7.96. The van der Waals surface area contributed by atoms with Gasteiger partial charge >= 0.3 is 0 Å². The quantitative estimate of drug-likeness (QED) is 0.176. The molecule has 0 atom stereocenters. The van der Waals surface area contributed by atoms with Crippen LogP contribution in [-0.4, -0.2) is 43.0 Å². The second kappa shape index (κ2) is 13.2. The summed E-state index contributed by atoms with van der Waals surface area (Å²) in [6.45, 7) is 0.947. The fraction of sp³-hybridized carbons (Fsp3) is 0.300. The molecule has 1 aliphatic heterocycles. The van der Waals surface area contributed by atoms with Crippen molar-refractivity contribution in [2.45, 2.75) is 36.7 Å². The lowest BCUT2D eigenvalue weighted by Crippen LogP contribution is -2.27. The molecule has 0 saturated carbocycles. The van der Waals surface area contributed by atoms with Crippen LogP contribution in [0.2, 0.25) is 5.02 Å². The van der Waals surface area contributed by atoms with Crippen LogP contribution < -0.4 is 29.8 Å². The molecule has 11 heteroatoms. The van der Waals surface area contributed by atoms with Crippen LogP contribution >= 0.6 is 23.4 Å². The Labute approximate surface area is 246 Å². The number of ether oxygens (including phenoxy) is 4. The van der Waals surface area contributed by atoms with Gasteiger partial charge in [0.1, 0.15) is 0 Å². The summed E-state index contributed by atoms with van der Waals surface area (Å²) < 4.78 is 23.2. The molecule has 0 saturated heterocycles. The largest absolute Gasteiger partial charge is 0.493 e. The number of hydrogen-bond donors (Lipinski definition) is 1. The molecule has 0 bridgehead atoms. The predicted octanol–water partition coefficient (Wildman–Crippen LogP) is 5.23. The van der Waals surface area contributed by atoms with Crippen molar-refractivity contribution in [2.75, 3.05) is 27.6 Å². The molecule has 0 radical (unpaired) electrons. The number of fused-ring (bicyclic) bond motifs is 2. The minimum Gasteiger partial charge on any atom is -0.493 e.